The van der Waals surface area contributed by atoms with E-state index in [1.54, 1.807) is 0 Å². The highest BCUT2D eigenvalue weighted by Crippen LogP contribution is 2.35. The molecule has 2 aliphatic rings. The van der Waals surface area contributed by atoms with Gasteiger partial charge in [0.2, 0.25) is 5.82 Å². The van der Waals surface area contributed by atoms with Crippen molar-refractivity contribution in [3.63, 3.8) is 0 Å². The van der Waals surface area contributed by atoms with Crippen LogP contribution in [0.15, 0.2) is 54.7 Å². The van der Waals surface area contributed by atoms with Crippen LogP contribution < -0.4 is 10.2 Å². The average molecular weight is 437 g/mol. The third-order valence-electron chi connectivity index (χ3n) is 6.72. The highest BCUT2D eigenvalue weighted by Gasteiger charge is 2.26. The third kappa shape index (κ3) is 3.38. The Hall–Kier alpha value is -3.96. The Labute approximate surface area is 192 Å². The SMILES string of the molecule is CNCC1CCN(c2ccc3c(c2)Cn2cc(-c4ccc(C#N)cc4)cc2-c2nnnn2-3)C1. The molecule has 0 saturated carbocycles. The molecule has 0 aliphatic carbocycles. The van der Waals surface area contributed by atoms with Crippen molar-refractivity contribution in [1.82, 2.24) is 30.1 Å². The van der Waals surface area contributed by atoms with Crippen molar-refractivity contribution < 1.29 is 0 Å². The molecule has 2 aromatic carbocycles. The van der Waals surface area contributed by atoms with Gasteiger partial charge in [-0.1, -0.05) is 12.1 Å². The predicted molar refractivity (Wildman–Crippen MR) is 126 cm³/mol. The molecule has 8 nitrogen and oxygen atoms in total. The Morgan fingerprint density at radius 1 is 1.12 bits per heavy atom. The van der Waals surface area contributed by atoms with Crippen LogP contribution in [0.4, 0.5) is 5.69 Å². The summed E-state index contributed by atoms with van der Waals surface area (Å²) in [5, 5.41) is 25.0. The lowest BCUT2D eigenvalue weighted by Crippen LogP contribution is -2.24. The van der Waals surface area contributed by atoms with E-state index in [2.05, 4.69) is 66.8 Å². The minimum absolute atomic E-state index is 0.656. The van der Waals surface area contributed by atoms with Gasteiger partial charge < -0.3 is 14.8 Å². The maximum Gasteiger partial charge on any atom is 0.203 e. The lowest BCUT2D eigenvalue weighted by Gasteiger charge is -2.20. The van der Waals surface area contributed by atoms with Gasteiger partial charge in [-0.2, -0.15) is 9.94 Å². The van der Waals surface area contributed by atoms with E-state index in [0.717, 1.165) is 54.5 Å². The number of anilines is 1. The second kappa shape index (κ2) is 7.87. The topological polar surface area (TPSA) is 87.6 Å². The first-order valence-corrected chi connectivity index (χ1v) is 11.3. The third-order valence-corrected chi connectivity index (χ3v) is 6.72. The largest absolute Gasteiger partial charge is 0.371 e. The summed E-state index contributed by atoms with van der Waals surface area (Å²) < 4.78 is 4.06. The average Bonchev–Trinajstić information content (AvgIpc) is 3.58. The summed E-state index contributed by atoms with van der Waals surface area (Å²) >= 11 is 0. The van der Waals surface area contributed by atoms with Crippen molar-refractivity contribution in [3.8, 4) is 34.4 Å². The van der Waals surface area contributed by atoms with Crippen LogP contribution in [-0.2, 0) is 6.54 Å². The fraction of sp³-hybridized carbons (Fsp3) is 0.280. The van der Waals surface area contributed by atoms with Crippen molar-refractivity contribution in [2.45, 2.75) is 13.0 Å². The number of rotatable bonds is 4. The molecule has 4 aromatic rings. The first-order chi connectivity index (χ1) is 16.2. The first kappa shape index (κ1) is 19.7. The van der Waals surface area contributed by atoms with Crippen molar-refractivity contribution in [2.24, 2.45) is 5.92 Å². The number of benzene rings is 2. The Morgan fingerprint density at radius 3 is 2.82 bits per heavy atom. The fourth-order valence-electron chi connectivity index (χ4n) is 5.04. The zero-order chi connectivity index (χ0) is 22.4. The first-order valence-electron chi connectivity index (χ1n) is 11.3. The quantitative estimate of drug-likeness (QED) is 0.466. The number of nitrogens with zero attached hydrogens (tertiary/aromatic N) is 7. The van der Waals surface area contributed by atoms with Crippen LogP contribution in [-0.4, -0.2) is 51.5 Å². The second-order valence-corrected chi connectivity index (χ2v) is 8.82. The van der Waals surface area contributed by atoms with Crippen molar-refractivity contribution in [3.05, 3.63) is 65.9 Å². The summed E-state index contributed by atoms with van der Waals surface area (Å²) in [7, 11) is 2.02. The van der Waals surface area contributed by atoms with E-state index in [0.29, 0.717) is 11.5 Å². The van der Waals surface area contributed by atoms with Gasteiger partial charge in [-0.15, -0.1) is 5.10 Å². The number of nitrogens with one attached hydrogen (secondary N) is 1. The number of aromatic nitrogens is 5. The molecule has 0 bridgehead atoms. The lowest BCUT2D eigenvalue weighted by atomic mass is 10.1. The van der Waals surface area contributed by atoms with Crippen molar-refractivity contribution >= 4 is 5.69 Å². The molecule has 2 aliphatic heterocycles. The van der Waals surface area contributed by atoms with E-state index >= 15 is 0 Å². The van der Waals surface area contributed by atoms with Gasteiger partial charge in [0.15, 0.2) is 0 Å². The van der Waals surface area contributed by atoms with Crippen LogP contribution in [0.2, 0.25) is 0 Å². The molecular formula is C25H24N8. The van der Waals surface area contributed by atoms with Gasteiger partial charge in [0.1, 0.15) is 0 Å². The Balaban J connectivity index is 1.39. The molecule has 0 radical (unpaired) electrons. The van der Waals surface area contributed by atoms with Gasteiger partial charge in [-0.05, 0) is 83.9 Å². The van der Waals surface area contributed by atoms with Crippen LogP contribution in [0.5, 0.6) is 0 Å². The van der Waals surface area contributed by atoms with Gasteiger partial charge in [0, 0.05) is 37.1 Å². The fourth-order valence-corrected chi connectivity index (χ4v) is 5.04. The van der Waals surface area contributed by atoms with Gasteiger partial charge in [-0.3, -0.25) is 0 Å². The molecule has 0 spiro atoms. The highest BCUT2D eigenvalue weighted by molar-refractivity contribution is 5.72. The standard InChI is InChI=1S/C25H24N8/c1-27-13-18-8-9-31(14-18)22-6-7-23-21(10-22)16-32-15-20(19-4-2-17(12-26)3-5-19)11-24(32)25-28-29-30-33(23)25/h2-7,10-11,15,18,27H,8-9,13-14,16H2,1H3. The molecule has 33 heavy (non-hydrogen) atoms. The highest BCUT2D eigenvalue weighted by atomic mass is 15.5. The summed E-state index contributed by atoms with van der Waals surface area (Å²) in [5.41, 5.74) is 7.25. The van der Waals surface area contributed by atoms with Gasteiger partial charge in [0.05, 0.1) is 23.0 Å². The van der Waals surface area contributed by atoms with E-state index in [9.17, 15) is 0 Å². The monoisotopic (exact) mass is 436 g/mol. The van der Waals surface area contributed by atoms with Gasteiger partial charge >= 0.3 is 0 Å². The van der Waals surface area contributed by atoms with Crippen LogP contribution in [0.25, 0.3) is 28.3 Å². The molecule has 1 atom stereocenters. The van der Waals surface area contributed by atoms with Gasteiger partial charge in [-0.25, -0.2) is 0 Å². The van der Waals surface area contributed by atoms with E-state index in [4.69, 9.17) is 5.26 Å². The predicted octanol–water partition coefficient (Wildman–Crippen LogP) is 3.08. The Kier molecular flexibility index (Phi) is 4.70. The van der Waals surface area contributed by atoms with E-state index in [1.807, 2.05) is 36.0 Å². The molecule has 164 valence electrons. The number of tetrazole rings is 1. The normalized spacial score (nSPS) is 16.6. The molecule has 1 unspecified atom stereocenters. The number of nitriles is 1. The van der Waals surface area contributed by atoms with Crippen LogP contribution >= 0.6 is 0 Å². The number of hydrogen-bond donors (Lipinski definition) is 1. The van der Waals surface area contributed by atoms with Crippen LogP contribution in [0, 0.1) is 17.2 Å². The minimum atomic E-state index is 0.656. The van der Waals surface area contributed by atoms with E-state index < -0.39 is 0 Å². The Morgan fingerprint density at radius 2 is 2.00 bits per heavy atom. The van der Waals surface area contributed by atoms with E-state index in [1.165, 1.54) is 17.7 Å². The minimum Gasteiger partial charge on any atom is -0.371 e. The van der Waals surface area contributed by atoms with Crippen LogP contribution in [0.1, 0.15) is 17.5 Å². The molecular weight excluding hydrogens is 412 g/mol. The zero-order valence-corrected chi connectivity index (χ0v) is 18.4. The molecule has 1 N–H and O–H groups in total. The zero-order valence-electron chi connectivity index (χ0n) is 18.4. The summed E-state index contributed by atoms with van der Waals surface area (Å²) in [6, 6.07) is 18.6. The molecule has 6 rings (SSSR count). The number of fused-ring (bicyclic) bond motifs is 5. The summed E-state index contributed by atoms with van der Waals surface area (Å²) in [6.45, 7) is 3.94. The molecule has 2 aromatic heterocycles. The number of hydrogen-bond acceptors (Lipinski definition) is 6. The Bertz CT molecular complexity index is 1360. The maximum atomic E-state index is 9.10. The molecule has 1 fully saturated rings. The maximum absolute atomic E-state index is 9.10. The molecule has 0 amide bonds. The summed E-state index contributed by atoms with van der Waals surface area (Å²) in [5.74, 6) is 1.42. The van der Waals surface area contributed by atoms with Gasteiger partial charge in [0.25, 0.3) is 0 Å². The lowest BCUT2D eigenvalue weighted by molar-refractivity contribution is 0.549. The molecule has 8 heteroatoms. The smallest absolute Gasteiger partial charge is 0.203 e. The molecule has 4 heterocycles. The van der Waals surface area contributed by atoms with Crippen LogP contribution in [0.3, 0.4) is 0 Å². The summed E-state index contributed by atoms with van der Waals surface area (Å²) in [4.78, 5) is 2.48. The molecule has 1 saturated heterocycles. The summed E-state index contributed by atoms with van der Waals surface area (Å²) in [6.07, 6.45) is 3.36. The van der Waals surface area contributed by atoms with Crippen molar-refractivity contribution in [1.29, 1.82) is 5.26 Å². The van der Waals surface area contributed by atoms with E-state index in [-0.39, 0.29) is 0 Å². The second-order valence-electron chi connectivity index (χ2n) is 8.82. The van der Waals surface area contributed by atoms with Crippen molar-refractivity contribution in [2.75, 3.05) is 31.6 Å².